The third-order valence-corrected chi connectivity index (χ3v) is 3.85. The molecule has 0 aromatic heterocycles. The molecule has 2 aromatic carbocycles. The molecule has 2 atom stereocenters. The minimum Gasteiger partial charge on any atom is -0.371 e. The zero-order valence-electron chi connectivity index (χ0n) is 12.3. The Morgan fingerprint density at radius 1 is 1.00 bits per heavy atom. The predicted molar refractivity (Wildman–Crippen MR) is 82.6 cm³/mol. The van der Waals surface area contributed by atoms with E-state index in [4.69, 9.17) is 4.74 Å². The van der Waals surface area contributed by atoms with Crippen molar-refractivity contribution in [1.29, 1.82) is 0 Å². The average Bonchev–Trinajstić information content (AvgIpc) is 2.82. The van der Waals surface area contributed by atoms with E-state index in [1.165, 1.54) is 4.90 Å². The summed E-state index contributed by atoms with van der Waals surface area (Å²) in [7, 11) is 0. The van der Waals surface area contributed by atoms with Crippen LogP contribution in [-0.4, -0.2) is 28.2 Å². The molecule has 4 nitrogen and oxygen atoms in total. The molecule has 114 valence electrons. The van der Waals surface area contributed by atoms with Crippen molar-refractivity contribution in [2.45, 2.75) is 31.9 Å². The number of ether oxygens (including phenoxy) is 1. The number of benzene rings is 2. The van der Waals surface area contributed by atoms with Gasteiger partial charge in [-0.15, -0.1) is 0 Å². The monoisotopic (exact) mass is 297 g/mol. The van der Waals surface area contributed by atoms with E-state index < -0.39 is 12.3 Å². The van der Waals surface area contributed by atoms with Crippen LogP contribution in [0, 0.1) is 0 Å². The van der Waals surface area contributed by atoms with Gasteiger partial charge in [0.1, 0.15) is 6.10 Å². The van der Waals surface area contributed by atoms with Gasteiger partial charge in [-0.3, -0.25) is 4.79 Å². The third-order valence-electron chi connectivity index (χ3n) is 3.85. The summed E-state index contributed by atoms with van der Waals surface area (Å²) >= 11 is 0. The van der Waals surface area contributed by atoms with Crippen LogP contribution in [0.2, 0.25) is 0 Å². The number of aliphatic hydroxyl groups is 1. The molecule has 0 bridgehead atoms. The number of amides is 1. The second-order valence-electron chi connectivity index (χ2n) is 5.46. The molecule has 2 aromatic rings. The minimum absolute atomic E-state index is 0.0746. The first kappa shape index (κ1) is 14.8. The molecule has 1 saturated heterocycles. The first-order valence-electron chi connectivity index (χ1n) is 7.41. The smallest absolute Gasteiger partial charge is 0.227 e. The van der Waals surface area contributed by atoms with Gasteiger partial charge in [0.2, 0.25) is 5.91 Å². The zero-order valence-corrected chi connectivity index (χ0v) is 12.3. The fraction of sp³-hybridized carbons (Fsp3) is 0.278. The van der Waals surface area contributed by atoms with E-state index in [9.17, 15) is 9.90 Å². The molecule has 0 saturated carbocycles. The highest BCUT2D eigenvalue weighted by Gasteiger charge is 2.39. The molecule has 1 heterocycles. The number of rotatable bonds is 5. The molecule has 1 N–H and O–H groups in total. The number of hydrogen-bond acceptors (Lipinski definition) is 3. The lowest BCUT2D eigenvalue weighted by molar-refractivity contribution is -0.135. The number of carbonyl (C=O) groups is 1. The molecule has 0 aliphatic carbocycles. The van der Waals surface area contributed by atoms with Crippen LogP contribution in [0.5, 0.6) is 0 Å². The number of hydrogen-bond donors (Lipinski definition) is 1. The van der Waals surface area contributed by atoms with E-state index in [1.807, 2.05) is 60.7 Å². The molecular weight excluding hydrogens is 278 g/mol. The summed E-state index contributed by atoms with van der Waals surface area (Å²) in [5.74, 6) is -0.0746. The lowest BCUT2D eigenvalue weighted by Gasteiger charge is -2.23. The summed E-state index contributed by atoms with van der Waals surface area (Å²) in [6, 6.07) is 19.4. The largest absolute Gasteiger partial charge is 0.371 e. The van der Waals surface area contributed by atoms with Gasteiger partial charge >= 0.3 is 0 Å². The average molecular weight is 297 g/mol. The van der Waals surface area contributed by atoms with Crippen molar-refractivity contribution in [1.82, 2.24) is 4.90 Å². The van der Waals surface area contributed by atoms with Crippen LogP contribution in [0.4, 0.5) is 0 Å². The summed E-state index contributed by atoms with van der Waals surface area (Å²) in [6.07, 6.45) is -1.14. The molecule has 1 fully saturated rings. The van der Waals surface area contributed by atoms with Crippen molar-refractivity contribution in [3.05, 3.63) is 71.8 Å². The lowest BCUT2D eigenvalue weighted by atomic mass is 10.2. The number of likely N-dealkylation sites (tertiary alicyclic amines) is 1. The van der Waals surface area contributed by atoms with E-state index in [0.717, 1.165) is 11.1 Å². The van der Waals surface area contributed by atoms with Gasteiger partial charge in [-0.1, -0.05) is 60.7 Å². The Morgan fingerprint density at radius 2 is 1.59 bits per heavy atom. The molecule has 0 radical (unpaired) electrons. The summed E-state index contributed by atoms with van der Waals surface area (Å²) in [6.45, 7) is 0.807. The quantitative estimate of drug-likeness (QED) is 0.921. The number of aliphatic hydroxyl groups excluding tert-OH is 1. The summed E-state index contributed by atoms with van der Waals surface area (Å²) < 4.78 is 5.73. The van der Waals surface area contributed by atoms with Crippen LogP contribution in [0.1, 0.15) is 17.5 Å². The molecule has 22 heavy (non-hydrogen) atoms. The fourth-order valence-corrected chi connectivity index (χ4v) is 2.63. The van der Waals surface area contributed by atoms with Crippen LogP contribution in [0.15, 0.2) is 60.7 Å². The molecule has 4 heteroatoms. The van der Waals surface area contributed by atoms with E-state index in [1.54, 1.807) is 0 Å². The van der Waals surface area contributed by atoms with Gasteiger partial charge in [0, 0.05) is 6.54 Å². The minimum atomic E-state index is -0.892. The van der Waals surface area contributed by atoms with Gasteiger partial charge in [-0.25, -0.2) is 0 Å². The maximum Gasteiger partial charge on any atom is 0.227 e. The highest BCUT2D eigenvalue weighted by Crippen LogP contribution is 2.23. The second-order valence-corrected chi connectivity index (χ2v) is 5.46. The van der Waals surface area contributed by atoms with Gasteiger partial charge in [-0.05, 0) is 11.1 Å². The highest BCUT2D eigenvalue weighted by atomic mass is 16.5. The first-order valence-corrected chi connectivity index (χ1v) is 7.41. The standard InChI is InChI=1S/C18H19NO3/c20-17-11-16(22-13-15-9-5-2-6-10-15)18(21)19(17)12-14-7-3-1-4-8-14/h1-10,16,18,21H,11-13H2/t16-,18+/m0/s1. The van der Waals surface area contributed by atoms with Crippen molar-refractivity contribution in [2.24, 2.45) is 0 Å². The Morgan fingerprint density at radius 3 is 2.23 bits per heavy atom. The summed E-state index contributed by atoms with van der Waals surface area (Å²) in [5.41, 5.74) is 2.03. The predicted octanol–water partition coefficient (Wildman–Crippen LogP) is 2.32. The molecule has 3 rings (SSSR count). The van der Waals surface area contributed by atoms with E-state index in [2.05, 4.69) is 0 Å². The van der Waals surface area contributed by atoms with Crippen molar-refractivity contribution in [3.8, 4) is 0 Å². The van der Waals surface area contributed by atoms with E-state index in [0.29, 0.717) is 13.2 Å². The van der Waals surface area contributed by atoms with Gasteiger partial charge in [0.05, 0.1) is 13.0 Å². The van der Waals surface area contributed by atoms with Crippen molar-refractivity contribution >= 4 is 5.91 Å². The van der Waals surface area contributed by atoms with Crippen LogP contribution >= 0.6 is 0 Å². The SMILES string of the molecule is O=C1C[C@H](OCc2ccccc2)[C@@H](O)N1Cc1ccccc1. The summed E-state index contributed by atoms with van der Waals surface area (Å²) in [5, 5.41) is 10.3. The van der Waals surface area contributed by atoms with Gasteiger partial charge in [-0.2, -0.15) is 0 Å². The Bertz CT molecular complexity index is 615. The topological polar surface area (TPSA) is 49.8 Å². The fourth-order valence-electron chi connectivity index (χ4n) is 2.63. The maximum atomic E-state index is 12.1. The molecule has 0 unspecified atom stereocenters. The molecule has 1 amide bonds. The maximum absolute atomic E-state index is 12.1. The molecule has 1 aliphatic rings. The summed E-state index contributed by atoms with van der Waals surface area (Å²) in [4.78, 5) is 13.6. The normalized spacial score (nSPS) is 21.3. The highest BCUT2D eigenvalue weighted by molar-refractivity contribution is 5.79. The molecular formula is C18H19NO3. The van der Waals surface area contributed by atoms with Crippen LogP contribution < -0.4 is 0 Å². The Hall–Kier alpha value is -2.17. The third kappa shape index (κ3) is 3.35. The van der Waals surface area contributed by atoms with Gasteiger partial charge in [0.25, 0.3) is 0 Å². The van der Waals surface area contributed by atoms with Gasteiger partial charge in [0.15, 0.2) is 6.23 Å². The van der Waals surface area contributed by atoms with Gasteiger partial charge < -0.3 is 14.7 Å². The first-order chi connectivity index (χ1) is 10.7. The van der Waals surface area contributed by atoms with Crippen LogP contribution in [0.3, 0.4) is 0 Å². The van der Waals surface area contributed by atoms with Crippen molar-refractivity contribution in [3.63, 3.8) is 0 Å². The van der Waals surface area contributed by atoms with E-state index >= 15 is 0 Å². The van der Waals surface area contributed by atoms with Crippen molar-refractivity contribution < 1.29 is 14.6 Å². The zero-order chi connectivity index (χ0) is 15.4. The Kier molecular flexibility index (Phi) is 4.51. The molecule has 0 spiro atoms. The van der Waals surface area contributed by atoms with Crippen molar-refractivity contribution in [2.75, 3.05) is 0 Å². The van der Waals surface area contributed by atoms with E-state index in [-0.39, 0.29) is 12.3 Å². The number of nitrogens with zero attached hydrogens (tertiary/aromatic N) is 1. The lowest BCUT2D eigenvalue weighted by Crippen LogP contribution is -2.37. The number of carbonyl (C=O) groups excluding carboxylic acids is 1. The Balaban J connectivity index is 1.60. The second kappa shape index (κ2) is 6.73. The Labute approximate surface area is 130 Å². The van der Waals surface area contributed by atoms with Crippen LogP contribution in [-0.2, 0) is 22.7 Å². The molecule has 1 aliphatic heterocycles. The van der Waals surface area contributed by atoms with Crippen LogP contribution in [0.25, 0.3) is 0 Å².